The highest BCUT2D eigenvalue weighted by Gasteiger charge is 2.39. The van der Waals surface area contributed by atoms with Gasteiger partial charge in [-0.1, -0.05) is 30.3 Å². The smallest absolute Gasteiger partial charge is 0.415 e. The quantitative estimate of drug-likeness (QED) is 0.819. The topological polar surface area (TPSA) is 58.6 Å². The van der Waals surface area contributed by atoms with Crippen molar-refractivity contribution in [2.45, 2.75) is 44.7 Å². The van der Waals surface area contributed by atoms with E-state index in [1.54, 1.807) is 51.1 Å². The molecule has 124 valence electrons. The number of hydrogen-bond acceptors (Lipinski definition) is 4. The minimum atomic E-state index is -4.75. The molecule has 1 aromatic carbocycles. The lowest BCUT2D eigenvalue weighted by Gasteiger charge is -2.26. The predicted octanol–water partition coefficient (Wildman–Crippen LogP) is 2.58. The van der Waals surface area contributed by atoms with Crippen LogP contribution in [-0.4, -0.2) is 35.5 Å². The van der Waals surface area contributed by atoms with E-state index in [0.717, 1.165) is 0 Å². The molecule has 0 spiro atoms. The lowest BCUT2D eigenvalue weighted by Crippen LogP contribution is -2.43. The Labute approximate surface area is 127 Å². The second-order valence-corrected chi connectivity index (χ2v) is 5.84. The maximum Gasteiger partial charge on any atom is 0.415 e. The Morgan fingerprint density at radius 3 is 2.23 bits per heavy atom. The number of aliphatic hydroxyl groups excluding tert-OH is 1. The van der Waals surface area contributed by atoms with Crippen molar-refractivity contribution in [1.29, 1.82) is 0 Å². The summed E-state index contributed by atoms with van der Waals surface area (Å²) >= 11 is 0. The van der Waals surface area contributed by atoms with Crippen molar-refractivity contribution in [2.75, 3.05) is 6.54 Å². The molecule has 22 heavy (non-hydrogen) atoms. The van der Waals surface area contributed by atoms with E-state index in [4.69, 9.17) is 9.84 Å². The number of esters is 1. The molecule has 1 aromatic rings. The predicted molar refractivity (Wildman–Crippen MR) is 75.1 cm³/mol. The number of nitrogens with one attached hydrogen (secondary N) is 1. The van der Waals surface area contributed by atoms with Gasteiger partial charge in [0.05, 0.1) is 0 Å². The van der Waals surface area contributed by atoms with E-state index >= 15 is 0 Å². The Kier molecular flexibility index (Phi) is 5.96. The summed E-state index contributed by atoms with van der Waals surface area (Å²) in [6, 6.07) is 7.16. The van der Waals surface area contributed by atoms with Gasteiger partial charge in [0.15, 0.2) is 6.10 Å². The highest BCUT2D eigenvalue weighted by Crippen LogP contribution is 2.22. The summed E-state index contributed by atoms with van der Waals surface area (Å²) in [5, 5.41) is 11.5. The van der Waals surface area contributed by atoms with Crippen molar-refractivity contribution in [3.63, 3.8) is 0 Å². The summed E-state index contributed by atoms with van der Waals surface area (Å²) in [5.74, 6) is -0.701. The molecule has 2 atom stereocenters. The fraction of sp³-hybridized carbons (Fsp3) is 0.533. The molecule has 0 aliphatic rings. The number of rotatable bonds is 5. The van der Waals surface area contributed by atoms with E-state index in [-0.39, 0.29) is 0 Å². The molecule has 0 radical (unpaired) electrons. The molecule has 4 nitrogen and oxygen atoms in total. The molecule has 0 fully saturated rings. The fourth-order valence-corrected chi connectivity index (χ4v) is 1.69. The summed E-state index contributed by atoms with van der Waals surface area (Å²) in [7, 11) is 0. The third-order valence-corrected chi connectivity index (χ3v) is 2.67. The van der Waals surface area contributed by atoms with Crippen LogP contribution in [0.15, 0.2) is 30.3 Å². The Morgan fingerprint density at radius 2 is 1.77 bits per heavy atom. The molecule has 0 aliphatic carbocycles. The van der Waals surface area contributed by atoms with Crippen LogP contribution in [0.2, 0.25) is 0 Å². The summed E-state index contributed by atoms with van der Waals surface area (Å²) in [6.07, 6.45) is -7.30. The van der Waals surface area contributed by atoms with Gasteiger partial charge in [-0.05, 0) is 26.3 Å². The van der Waals surface area contributed by atoms with Crippen molar-refractivity contribution >= 4 is 5.97 Å². The van der Waals surface area contributed by atoms with Gasteiger partial charge < -0.3 is 9.84 Å². The van der Waals surface area contributed by atoms with Gasteiger partial charge in [0, 0.05) is 6.54 Å². The van der Waals surface area contributed by atoms with Gasteiger partial charge in [0.2, 0.25) is 0 Å². The van der Waals surface area contributed by atoms with Gasteiger partial charge >= 0.3 is 12.1 Å². The zero-order valence-corrected chi connectivity index (χ0v) is 12.6. The Balaban J connectivity index is 2.86. The van der Waals surface area contributed by atoms with E-state index in [0.29, 0.717) is 5.56 Å². The lowest BCUT2D eigenvalue weighted by atomic mass is 10.1. The van der Waals surface area contributed by atoms with Crippen molar-refractivity contribution in [3.05, 3.63) is 35.9 Å². The number of hydrogen-bond donors (Lipinski definition) is 2. The average molecular weight is 319 g/mol. The number of alkyl halides is 3. The van der Waals surface area contributed by atoms with Crippen LogP contribution in [0, 0.1) is 0 Å². The van der Waals surface area contributed by atoms with Crippen LogP contribution in [0.1, 0.15) is 32.4 Å². The van der Waals surface area contributed by atoms with Gasteiger partial charge in [0.1, 0.15) is 11.6 Å². The zero-order chi connectivity index (χ0) is 17.0. The number of carbonyl (C=O) groups excluding carboxylic acids is 1. The van der Waals surface area contributed by atoms with Crippen molar-refractivity contribution in [3.8, 4) is 0 Å². The third kappa shape index (κ3) is 6.03. The van der Waals surface area contributed by atoms with E-state index in [2.05, 4.69) is 5.32 Å². The molecule has 0 amide bonds. The number of aliphatic hydroxyl groups is 1. The molecular formula is C15H20F3NO3. The third-order valence-electron chi connectivity index (χ3n) is 2.67. The van der Waals surface area contributed by atoms with Crippen LogP contribution in [-0.2, 0) is 9.53 Å². The summed E-state index contributed by atoms with van der Waals surface area (Å²) in [6.45, 7) is 4.19. The molecule has 0 saturated carbocycles. The average Bonchev–Trinajstić information content (AvgIpc) is 2.36. The van der Waals surface area contributed by atoms with Crippen LogP contribution in [0.5, 0.6) is 0 Å². The van der Waals surface area contributed by atoms with Crippen LogP contribution in [0.4, 0.5) is 13.2 Å². The molecule has 1 rings (SSSR count). The molecule has 2 N–H and O–H groups in total. The maximum absolute atomic E-state index is 12.4. The normalized spacial score (nSPS) is 15.2. The number of benzene rings is 1. The van der Waals surface area contributed by atoms with Crippen LogP contribution < -0.4 is 5.32 Å². The number of ether oxygens (including phenoxy) is 1. The van der Waals surface area contributed by atoms with Gasteiger partial charge in [-0.25, -0.2) is 4.79 Å². The highest BCUT2D eigenvalue weighted by molar-refractivity contribution is 5.78. The Morgan fingerprint density at radius 1 is 1.23 bits per heavy atom. The zero-order valence-electron chi connectivity index (χ0n) is 12.6. The van der Waals surface area contributed by atoms with Crippen molar-refractivity contribution in [1.82, 2.24) is 5.32 Å². The van der Waals surface area contributed by atoms with Gasteiger partial charge in [0.25, 0.3) is 0 Å². The second kappa shape index (κ2) is 7.11. The van der Waals surface area contributed by atoms with Crippen molar-refractivity contribution in [2.24, 2.45) is 0 Å². The van der Waals surface area contributed by atoms with Gasteiger partial charge in [-0.3, -0.25) is 5.32 Å². The van der Waals surface area contributed by atoms with E-state index in [9.17, 15) is 18.0 Å². The first-order valence-electron chi connectivity index (χ1n) is 6.76. The van der Waals surface area contributed by atoms with Crippen LogP contribution >= 0.6 is 0 Å². The summed E-state index contributed by atoms with van der Waals surface area (Å²) in [4.78, 5) is 12.2. The Hall–Kier alpha value is -1.60. The summed E-state index contributed by atoms with van der Waals surface area (Å²) < 4.78 is 42.3. The van der Waals surface area contributed by atoms with E-state index < -0.39 is 36.4 Å². The van der Waals surface area contributed by atoms with E-state index in [1.165, 1.54) is 0 Å². The standard InChI is InChI=1S/C15H20F3NO3/c1-14(2,3)22-13(21)12(10-7-5-4-6-8-10)19-9-11(20)15(16,17)18/h4-8,11-12,19-20H,9H2,1-3H3/t11?,12-/m1/s1. The first kappa shape index (κ1) is 18.4. The minimum absolute atomic E-state index is 0.464. The largest absolute Gasteiger partial charge is 0.459 e. The molecular weight excluding hydrogens is 299 g/mol. The number of halogens is 3. The summed E-state index contributed by atoms with van der Waals surface area (Å²) in [5.41, 5.74) is -0.305. The molecule has 1 unspecified atom stereocenters. The second-order valence-electron chi connectivity index (χ2n) is 5.84. The molecule has 0 aromatic heterocycles. The number of carbonyl (C=O) groups is 1. The fourth-order valence-electron chi connectivity index (χ4n) is 1.69. The van der Waals surface area contributed by atoms with Gasteiger partial charge in [-0.15, -0.1) is 0 Å². The Bertz CT molecular complexity index is 483. The molecule has 0 bridgehead atoms. The van der Waals surface area contributed by atoms with E-state index in [1.807, 2.05) is 0 Å². The first-order valence-corrected chi connectivity index (χ1v) is 6.76. The maximum atomic E-state index is 12.4. The molecule has 0 aliphatic heterocycles. The van der Waals surface area contributed by atoms with Crippen LogP contribution in [0.25, 0.3) is 0 Å². The molecule has 7 heteroatoms. The SMILES string of the molecule is CC(C)(C)OC(=O)[C@H](NCC(O)C(F)(F)F)c1ccccc1. The van der Waals surface area contributed by atoms with Crippen molar-refractivity contribution < 1.29 is 27.8 Å². The molecule has 0 heterocycles. The molecule has 0 saturated heterocycles. The monoisotopic (exact) mass is 319 g/mol. The first-order chi connectivity index (χ1) is 10.0. The van der Waals surface area contributed by atoms with Crippen LogP contribution in [0.3, 0.4) is 0 Å². The minimum Gasteiger partial charge on any atom is -0.459 e. The highest BCUT2D eigenvalue weighted by atomic mass is 19.4. The lowest BCUT2D eigenvalue weighted by molar-refractivity contribution is -0.202. The van der Waals surface area contributed by atoms with Gasteiger partial charge in [-0.2, -0.15) is 13.2 Å².